The van der Waals surface area contributed by atoms with E-state index in [4.69, 9.17) is 24.7 Å². The van der Waals surface area contributed by atoms with Gasteiger partial charge in [0.1, 0.15) is 28.9 Å². The van der Waals surface area contributed by atoms with E-state index >= 15 is 0 Å². The van der Waals surface area contributed by atoms with Crippen molar-refractivity contribution in [3.63, 3.8) is 0 Å². The molecule has 3 N–H and O–H groups in total. The molecule has 0 saturated carbocycles. The minimum atomic E-state index is -0.601. The number of aromatic amines is 1. The Bertz CT molecular complexity index is 1100. The van der Waals surface area contributed by atoms with Crippen molar-refractivity contribution in [2.75, 3.05) is 21.3 Å². The normalized spacial score (nSPS) is 15.3. The maximum absolute atomic E-state index is 9.90. The molecule has 9 heteroatoms. The van der Waals surface area contributed by atoms with Crippen molar-refractivity contribution in [2.24, 2.45) is 5.73 Å². The van der Waals surface area contributed by atoms with Crippen LogP contribution in [0.5, 0.6) is 23.1 Å². The van der Waals surface area contributed by atoms with Crippen LogP contribution in [-0.4, -0.2) is 31.5 Å². The Morgan fingerprint density at radius 1 is 1.17 bits per heavy atom. The first-order chi connectivity index (χ1) is 14.1. The molecule has 0 saturated heterocycles. The summed E-state index contributed by atoms with van der Waals surface area (Å²) < 4.78 is 22.3. The second kappa shape index (κ2) is 7.41. The summed E-state index contributed by atoms with van der Waals surface area (Å²) in [5.74, 6) is 1.27. The van der Waals surface area contributed by atoms with Crippen molar-refractivity contribution in [3.8, 4) is 39.8 Å². The van der Waals surface area contributed by atoms with Gasteiger partial charge in [-0.15, -0.1) is 16.4 Å². The second-order valence-electron chi connectivity index (χ2n) is 6.17. The number of fused-ring (bicyclic) bond motifs is 1. The van der Waals surface area contributed by atoms with Gasteiger partial charge in [-0.1, -0.05) is 6.07 Å². The lowest BCUT2D eigenvalue weighted by Crippen LogP contribution is -2.21. The second-order valence-corrected chi connectivity index (χ2v) is 7.11. The molecule has 1 aliphatic rings. The zero-order chi connectivity index (χ0) is 20.5. The number of H-pyrrole nitrogens is 1. The van der Waals surface area contributed by atoms with E-state index in [0.29, 0.717) is 34.3 Å². The number of ether oxygens (including phenoxy) is 4. The number of nitrogens with zero attached hydrogens (tertiary/aromatic N) is 2. The first-order valence-corrected chi connectivity index (χ1v) is 9.50. The van der Waals surface area contributed by atoms with Crippen LogP contribution in [0, 0.1) is 11.3 Å². The van der Waals surface area contributed by atoms with Crippen LogP contribution in [0.3, 0.4) is 0 Å². The lowest BCUT2D eigenvalue weighted by Gasteiger charge is -2.27. The molecule has 148 valence electrons. The van der Waals surface area contributed by atoms with Gasteiger partial charge in [-0.05, 0) is 11.4 Å². The highest BCUT2D eigenvalue weighted by Crippen LogP contribution is 2.51. The number of nitriles is 1. The smallest absolute Gasteiger partial charge is 0.244 e. The van der Waals surface area contributed by atoms with Gasteiger partial charge < -0.3 is 24.7 Å². The number of hydrogen-bond donors (Lipinski definition) is 2. The van der Waals surface area contributed by atoms with Crippen LogP contribution < -0.4 is 24.7 Å². The van der Waals surface area contributed by atoms with Crippen molar-refractivity contribution in [3.05, 3.63) is 52.2 Å². The molecule has 8 nitrogen and oxygen atoms in total. The molecule has 0 amide bonds. The molecular weight excluding hydrogens is 392 g/mol. The number of nitrogens with one attached hydrogen (secondary N) is 1. The molecular formula is C20H18N4O4S. The number of hydrogen-bond acceptors (Lipinski definition) is 8. The third kappa shape index (κ3) is 2.94. The van der Waals surface area contributed by atoms with Crippen LogP contribution in [0.2, 0.25) is 0 Å². The molecule has 0 radical (unpaired) electrons. The zero-order valence-corrected chi connectivity index (χ0v) is 16.8. The van der Waals surface area contributed by atoms with Crippen LogP contribution in [0.15, 0.2) is 41.1 Å². The number of rotatable bonds is 5. The molecule has 0 bridgehead atoms. The Kier molecular flexibility index (Phi) is 4.78. The van der Waals surface area contributed by atoms with E-state index in [2.05, 4.69) is 16.3 Å². The molecule has 1 aliphatic heterocycles. The number of nitrogens with two attached hydrogens (primary N) is 1. The van der Waals surface area contributed by atoms with E-state index < -0.39 is 5.92 Å². The fourth-order valence-electron chi connectivity index (χ4n) is 3.46. The molecule has 2 aromatic heterocycles. The van der Waals surface area contributed by atoms with E-state index in [1.165, 1.54) is 0 Å². The van der Waals surface area contributed by atoms with E-state index in [0.717, 1.165) is 10.6 Å². The molecule has 0 spiro atoms. The molecule has 0 aliphatic carbocycles. The topological polar surface area (TPSA) is 115 Å². The monoisotopic (exact) mass is 410 g/mol. The largest absolute Gasteiger partial charge is 0.496 e. The highest BCUT2D eigenvalue weighted by molar-refractivity contribution is 7.13. The van der Waals surface area contributed by atoms with Crippen molar-refractivity contribution >= 4 is 11.3 Å². The summed E-state index contributed by atoms with van der Waals surface area (Å²) in [7, 11) is 4.66. The molecule has 29 heavy (non-hydrogen) atoms. The van der Waals surface area contributed by atoms with E-state index in [9.17, 15) is 5.26 Å². The number of thiophene rings is 1. The number of methoxy groups -OCH3 is 3. The highest BCUT2D eigenvalue weighted by atomic mass is 32.1. The summed E-state index contributed by atoms with van der Waals surface area (Å²) in [6.07, 6.45) is 0. The standard InChI is InChI=1S/C20H18N4O4S/c1-25-10-7-12(26-2)16(13(8-10)27-3)15-11(9-21)19(22)28-20-17(15)18(23-24-20)14-5-4-6-29-14/h4-8,15H,22H2,1-3H3,(H,23,24)/t15-/m1/s1. The summed E-state index contributed by atoms with van der Waals surface area (Å²) in [5, 5.41) is 19.2. The van der Waals surface area contributed by atoms with Crippen molar-refractivity contribution in [1.29, 1.82) is 5.26 Å². The van der Waals surface area contributed by atoms with E-state index in [-0.39, 0.29) is 11.5 Å². The zero-order valence-electron chi connectivity index (χ0n) is 16.0. The molecule has 3 aromatic rings. The van der Waals surface area contributed by atoms with Gasteiger partial charge in [-0.25, -0.2) is 0 Å². The minimum Gasteiger partial charge on any atom is -0.496 e. The lowest BCUT2D eigenvalue weighted by atomic mass is 9.82. The van der Waals surface area contributed by atoms with Gasteiger partial charge in [0.2, 0.25) is 11.8 Å². The summed E-state index contributed by atoms with van der Waals surface area (Å²) in [6.45, 7) is 0. The molecule has 0 fully saturated rings. The van der Waals surface area contributed by atoms with Gasteiger partial charge >= 0.3 is 0 Å². The van der Waals surface area contributed by atoms with Gasteiger partial charge in [0.15, 0.2) is 0 Å². The Morgan fingerprint density at radius 2 is 1.90 bits per heavy atom. The third-order valence-electron chi connectivity index (χ3n) is 4.75. The fourth-order valence-corrected chi connectivity index (χ4v) is 4.19. The predicted molar refractivity (Wildman–Crippen MR) is 107 cm³/mol. The molecule has 3 heterocycles. The predicted octanol–water partition coefficient (Wildman–Crippen LogP) is 3.38. The van der Waals surface area contributed by atoms with Crippen LogP contribution >= 0.6 is 11.3 Å². The van der Waals surface area contributed by atoms with Crippen molar-refractivity contribution in [1.82, 2.24) is 10.2 Å². The lowest BCUT2D eigenvalue weighted by molar-refractivity contribution is 0.358. The average molecular weight is 410 g/mol. The van der Waals surface area contributed by atoms with Gasteiger partial charge in [0, 0.05) is 17.7 Å². The van der Waals surface area contributed by atoms with Crippen LogP contribution in [0.1, 0.15) is 17.0 Å². The minimum absolute atomic E-state index is 0.00541. The number of allylic oxidation sites excluding steroid dienone is 1. The quantitative estimate of drug-likeness (QED) is 0.662. The van der Waals surface area contributed by atoms with Gasteiger partial charge in [0.05, 0.1) is 43.4 Å². The maximum atomic E-state index is 9.90. The Labute approximate surface area is 171 Å². The van der Waals surface area contributed by atoms with Crippen molar-refractivity contribution in [2.45, 2.75) is 5.92 Å². The van der Waals surface area contributed by atoms with Gasteiger partial charge in [0.25, 0.3) is 0 Å². The SMILES string of the molecule is COc1cc(OC)c([C@H]2C(C#N)=C(N)Oc3n[nH]c(-c4cccs4)c32)c(OC)c1. The van der Waals surface area contributed by atoms with Crippen LogP contribution in [0.4, 0.5) is 0 Å². The molecule has 0 unspecified atom stereocenters. The molecule has 1 atom stereocenters. The van der Waals surface area contributed by atoms with E-state index in [1.807, 2.05) is 17.5 Å². The first kappa shape index (κ1) is 18.7. The average Bonchev–Trinajstić information content (AvgIpc) is 3.41. The summed E-state index contributed by atoms with van der Waals surface area (Å²) in [5.41, 5.74) is 8.41. The van der Waals surface area contributed by atoms with E-state index in [1.54, 1.807) is 44.8 Å². The Hall–Kier alpha value is -3.64. The summed E-state index contributed by atoms with van der Waals surface area (Å²) >= 11 is 1.55. The van der Waals surface area contributed by atoms with Gasteiger partial charge in [-0.2, -0.15) is 5.26 Å². The summed E-state index contributed by atoms with van der Waals surface area (Å²) in [4.78, 5) is 0.955. The first-order valence-electron chi connectivity index (χ1n) is 8.62. The maximum Gasteiger partial charge on any atom is 0.244 e. The number of aromatic nitrogens is 2. The Balaban J connectivity index is 2.04. The van der Waals surface area contributed by atoms with Crippen molar-refractivity contribution < 1.29 is 18.9 Å². The van der Waals surface area contributed by atoms with Gasteiger partial charge in [-0.3, -0.25) is 5.10 Å². The molecule has 4 rings (SSSR count). The van der Waals surface area contributed by atoms with Crippen LogP contribution in [0.25, 0.3) is 10.6 Å². The fraction of sp³-hybridized carbons (Fsp3) is 0.200. The Morgan fingerprint density at radius 3 is 2.45 bits per heavy atom. The number of benzene rings is 1. The third-order valence-corrected chi connectivity index (χ3v) is 5.64. The van der Waals surface area contributed by atoms with Crippen LogP contribution in [-0.2, 0) is 0 Å². The molecule has 1 aromatic carbocycles. The summed E-state index contributed by atoms with van der Waals surface area (Å²) in [6, 6.07) is 9.57. The highest BCUT2D eigenvalue weighted by Gasteiger charge is 2.39.